The van der Waals surface area contributed by atoms with Crippen LogP contribution >= 0.6 is 0 Å². The molecule has 0 spiro atoms. The molecule has 1 amide bonds. The number of aliphatic imine (C=N–C) groups is 1. The standard InChI is InChI=1S/C18H30N2O3.K/c1-5-9-12-18(11-7-3)17(23)19-15(20-18)14(10-6-2)13(8-4)16(21)22;/h5-12H2,1-4H3,(H,21,22)(H,19,20,23);/q;+1/p-1/b14-13-;. The summed E-state index contributed by atoms with van der Waals surface area (Å²) >= 11 is 0. The maximum Gasteiger partial charge on any atom is 1.00 e. The van der Waals surface area contributed by atoms with Gasteiger partial charge in [-0.25, -0.2) is 0 Å². The van der Waals surface area contributed by atoms with E-state index < -0.39 is 11.5 Å². The Morgan fingerprint density at radius 1 is 1.12 bits per heavy atom. The Kier molecular flexibility index (Phi) is 11.6. The number of hydrogen-bond acceptors (Lipinski definition) is 4. The van der Waals surface area contributed by atoms with Crippen LogP contribution in [-0.2, 0) is 9.59 Å². The predicted octanol–water partition coefficient (Wildman–Crippen LogP) is -0.496. The van der Waals surface area contributed by atoms with Crippen LogP contribution in [0.1, 0.15) is 79.1 Å². The first-order chi connectivity index (χ1) is 11.0. The van der Waals surface area contributed by atoms with E-state index in [2.05, 4.69) is 12.2 Å². The first-order valence-electron chi connectivity index (χ1n) is 8.80. The minimum Gasteiger partial charge on any atom is -0.545 e. The SMILES string of the molecule is CCCCC1(CCC)N=C(/C(CCC)=C(/CC)C(=O)[O-])NC1=O.[K+]. The molecule has 0 saturated carbocycles. The number of aliphatic carboxylic acids is 1. The van der Waals surface area contributed by atoms with Gasteiger partial charge in [-0.3, -0.25) is 9.79 Å². The van der Waals surface area contributed by atoms with Gasteiger partial charge in [-0.15, -0.1) is 0 Å². The summed E-state index contributed by atoms with van der Waals surface area (Å²) in [7, 11) is 0. The van der Waals surface area contributed by atoms with Crippen LogP contribution in [0.5, 0.6) is 0 Å². The smallest absolute Gasteiger partial charge is 0.545 e. The van der Waals surface area contributed by atoms with E-state index in [0.29, 0.717) is 37.1 Å². The minimum atomic E-state index is -1.17. The molecule has 1 aliphatic heterocycles. The molecule has 5 nitrogen and oxygen atoms in total. The van der Waals surface area contributed by atoms with E-state index in [4.69, 9.17) is 4.99 Å². The van der Waals surface area contributed by atoms with Crippen LogP contribution in [0.2, 0.25) is 0 Å². The summed E-state index contributed by atoms with van der Waals surface area (Å²) in [4.78, 5) is 28.7. The second-order valence-electron chi connectivity index (χ2n) is 6.15. The topological polar surface area (TPSA) is 81.6 Å². The van der Waals surface area contributed by atoms with Gasteiger partial charge in [-0.1, -0.05) is 53.4 Å². The molecule has 0 aromatic rings. The van der Waals surface area contributed by atoms with Gasteiger partial charge in [0.25, 0.3) is 5.91 Å². The van der Waals surface area contributed by atoms with Crippen molar-refractivity contribution in [3.05, 3.63) is 11.1 Å². The molecule has 0 saturated heterocycles. The fourth-order valence-electron chi connectivity index (χ4n) is 3.15. The van der Waals surface area contributed by atoms with E-state index in [1.165, 1.54) is 0 Å². The quantitative estimate of drug-likeness (QED) is 0.421. The average Bonchev–Trinajstić information content (AvgIpc) is 2.82. The number of amidine groups is 1. The minimum absolute atomic E-state index is 0. The summed E-state index contributed by atoms with van der Waals surface area (Å²) in [5.41, 5.74) is 0.135. The number of carbonyl (C=O) groups is 2. The van der Waals surface area contributed by atoms with Crippen molar-refractivity contribution < 1.29 is 66.1 Å². The van der Waals surface area contributed by atoms with Crippen LogP contribution in [0, 0.1) is 0 Å². The number of hydrogen-bond donors (Lipinski definition) is 1. The third-order valence-corrected chi connectivity index (χ3v) is 4.34. The molecular weight excluding hydrogens is 331 g/mol. The number of amides is 1. The zero-order valence-corrected chi connectivity index (χ0v) is 19.0. The van der Waals surface area contributed by atoms with Crippen molar-refractivity contribution >= 4 is 17.7 Å². The third kappa shape index (κ3) is 5.76. The van der Waals surface area contributed by atoms with Crippen molar-refractivity contribution in [2.24, 2.45) is 4.99 Å². The van der Waals surface area contributed by atoms with Gasteiger partial charge in [0.2, 0.25) is 0 Å². The van der Waals surface area contributed by atoms with E-state index in [-0.39, 0.29) is 62.9 Å². The molecule has 6 heteroatoms. The van der Waals surface area contributed by atoms with Crippen LogP contribution in [-0.4, -0.2) is 23.3 Å². The van der Waals surface area contributed by atoms with Crippen LogP contribution in [0.15, 0.2) is 16.1 Å². The molecule has 1 N–H and O–H groups in total. The molecule has 0 radical (unpaired) electrons. The Labute approximate surface area is 188 Å². The van der Waals surface area contributed by atoms with E-state index in [1.54, 1.807) is 6.92 Å². The van der Waals surface area contributed by atoms with Crippen molar-refractivity contribution in [2.75, 3.05) is 0 Å². The molecule has 0 aromatic carbocycles. The van der Waals surface area contributed by atoms with Gasteiger partial charge >= 0.3 is 51.4 Å². The number of nitrogens with zero attached hydrogens (tertiary/aromatic N) is 1. The van der Waals surface area contributed by atoms with Gasteiger partial charge in [0.05, 0.1) is 5.97 Å². The summed E-state index contributed by atoms with van der Waals surface area (Å²) in [6.07, 6.45) is 5.92. The van der Waals surface area contributed by atoms with Gasteiger partial charge in [0, 0.05) is 0 Å². The number of carbonyl (C=O) groups excluding carboxylic acids is 2. The second kappa shape index (κ2) is 11.6. The van der Waals surface area contributed by atoms with Crippen molar-refractivity contribution in [3.8, 4) is 0 Å². The predicted molar refractivity (Wildman–Crippen MR) is 90.0 cm³/mol. The fourth-order valence-corrected chi connectivity index (χ4v) is 3.15. The normalized spacial score (nSPS) is 20.8. The number of carboxylic acids is 1. The van der Waals surface area contributed by atoms with Crippen molar-refractivity contribution in [1.82, 2.24) is 5.32 Å². The summed E-state index contributed by atoms with van der Waals surface area (Å²) in [6, 6.07) is 0. The van der Waals surface area contributed by atoms with Gasteiger partial charge in [-0.2, -0.15) is 0 Å². The van der Waals surface area contributed by atoms with Crippen molar-refractivity contribution in [1.29, 1.82) is 0 Å². The number of carboxylic acid groups (broad SMARTS) is 1. The van der Waals surface area contributed by atoms with Crippen LogP contribution in [0.3, 0.4) is 0 Å². The van der Waals surface area contributed by atoms with E-state index in [9.17, 15) is 14.7 Å². The van der Waals surface area contributed by atoms with E-state index >= 15 is 0 Å². The molecular formula is C18H29KN2O3. The number of rotatable bonds is 10. The zero-order valence-electron chi connectivity index (χ0n) is 15.8. The van der Waals surface area contributed by atoms with Crippen molar-refractivity contribution in [2.45, 2.75) is 84.6 Å². The Balaban J connectivity index is 0.00000529. The van der Waals surface area contributed by atoms with E-state index in [0.717, 1.165) is 25.7 Å². The molecule has 0 aliphatic carbocycles. The van der Waals surface area contributed by atoms with Crippen LogP contribution < -0.4 is 61.8 Å². The Morgan fingerprint density at radius 2 is 1.79 bits per heavy atom. The molecule has 1 atom stereocenters. The van der Waals surface area contributed by atoms with Gasteiger partial charge < -0.3 is 15.2 Å². The summed E-state index contributed by atoms with van der Waals surface area (Å²) in [6.45, 7) is 7.89. The monoisotopic (exact) mass is 360 g/mol. The number of unbranched alkanes of at least 4 members (excludes halogenated alkanes) is 1. The Bertz CT molecular complexity index is 514. The first kappa shape index (κ1) is 24.0. The second-order valence-corrected chi connectivity index (χ2v) is 6.15. The van der Waals surface area contributed by atoms with E-state index in [1.807, 2.05) is 13.8 Å². The maximum absolute atomic E-state index is 12.6. The molecule has 0 aromatic heterocycles. The number of nitrogens with one attached hydrogen (secondary N) is 1. The molecule has 1 rings (SSSR count). The van der Waals surface area contributed by atoms with Crippen molar-refractivity contribution in [3.63, 3.8) is 0 Å². The molecule has 1 heterocycles. The Hall–Kier alpha value is -0.0136. The molecule has 24 heavy (non-hydrogen) atoms. The summed E-state index contributed by atoms with van der Waals surface area (Å²) in [5, 5.41) is 14.3. The molecule has 130 valence electrons. The van der Waals surface area contributed by atoms with Gasteiger partial charge in [0.15, 0.2) is 0 Å². The first-order valence-corrected chi connectivity index (χ1v) is 8.80. The van der Waals surface area contributed by atoms with Gasteiger partial charge in [0.1, 0.15) is 11.4 Å². The third-order valence-electron chi connectivity index (χ3n) is 4.34. The maximum atomic E-state index is 12.6. The summed E-state index contributed by atoms with van der Waals surface area (Å²) in [5.74, 6) is -0.817. The molecule has 1 aliphatic rings. The van der Waals surface area contributed by atoms with Gasteiger partial charge in [-0.05, 0) is 36.8 Å². The fraction of sp³-hybridized carbons (Fsp3) is 0.722. The summed E-state index contributed by atoms with van der Waals surface area (Å²) < 4.78 is 0. The average molecular weight is 361 g/mol. The van der Waals surface area contributed by atoms with Crippen LogP contribution in [0.4, 0.5) is 0 Å². The molecule has 1 unspecified atom stereocenters. The largest absolute Gasteiger partial charge is 1.00 e. The zero-order chi connectivity index (χ0) is 17.5. The molecule has 0 bridgehead atoms. The van der Waals surface area contributed by atoms with Crippen LogP contribution in [0.25, 0.3) is 0 Å². The molecule has 0 fully saturated rings. The Morgan fingerprint density at radius 3 is 2.25 bits per heavy atom.